The first-order valence-corrected chi connectivity index (χ1v) is 14.2. The number of rotatable bonds is 12. The Bertz CT molecular complexity index is 1360. The maximum absolute atomic E-state index is 14.3. The lowest BCUT2D eigenvalue weighted by atomic mass is 10.2. The summed E-state index contributed by atoms with van der Waals surface area (Å²) in [4.78, 5) is 10.7. The number of anilines is 2. The molecule has 3 aromatic rings. The molecular weight excluding hydrogens is 537 g/mol. The van der Waals surface area contributed by atoms with Gasteiger partial charge in [0.25, 0.3) is 0 Å². The topological polar surface area (TPSA) is 106 Å². The van der Waals surface area contributed by atoms with E-state index >= 15 is 0 Å². The Morgan fingerprint density at radius 2 is 1.97 bits per heavy atom. The normalized spacial score (nSPS) is 14.7. The molecule has 1 aliphatic rings. The van der Waals surface area contributed by atoms with Crippen LogP contribution in [0.5, 0.6) is 11.5 Å². The molecule has 2 aromatic carbocycles. The molecule has 13 heteroatoms. The highest BCUT2D eigenvalue weighted by atomic mass is 35.5. The molecule has 0 bridgehead atoms. The number of benzene rings is 2. The van der Waals surface area contributed by atoms with Gasteiger partial charge in [0.15, 0.2) is 11.5 Å². The lowest BCUT2D eigenvalue weighted by Gasteiger charge is -2.26. The van der Waals surface area contributed by atoms with Gasteiger partial charge in [-0.1, -0.05) is 11.6 Å². The fraction of sp³-hybridized carbons (Fsp3) is 0.440. The van der Waals surface area contributed by atoms with Crippen LogP contribution >= 0.6 is 11.6 Å². The van der Waals surface area contributed by atoms with Gasteiger partial charge in [-0.15, -0.1) is 0 Å². The van der Waals surface area contributed by atoms with Gasteiger partial charge in [0, 0.05) is 43.2 Å². The molecule has 4 rings (SSSR count). The molecule has 1 aliphatic heterocycles. The first-order chi connectivity index (χ1) is 18.3. The van der Waals surface area contributed by atoms with Gasteiger partial charge in [-0.25, -0.2) is 27.1 Å². The fourth-order valence-electron chi connectivity index (χ4n) is 4.03. The number of halogens is 2. The summed E-state index contributed by atoms with van der Waals surface area (Å²) in [6, 6.07) is 7.67. The number of nitrogens with one attached hydrogen (secondary N) is 1. The molecule has 0 amide bonds. The summed E-state index contributed by atoms with van der Waals surface area (Å²) >= 11 is 5.84. The molecule has 1 aromatic heterocycles. The molecule has 0 atom stereocenters. The highest BCUT2D eigenvalue weighted by Crippen LogP contribution is 2.35. The average Bonchev–Trinajstić information content (AvgIpc) is 2.90. The third kappa shape index (κ3) is 7.20. The zero-order chi connectivity index (χ0) is 27.1. The number of hydrogen-bond acceptors (Lipinski definition) is 9. The lowest BCUT2D eigenvalue weighted by molar-refractivity contribution is 0.0380. The van der Waals surface area contributed by atoms with Crippen molar-refractivity contribution in [3.8, 4) is 11.5 Å². The van der Waals surface area contributed by atoms with Gasteiger partial charge >= 0.3 is 0 Å². The van der Waals surface area contributed by atoms with Crippen molar-refractivity contribution in [3.05, 3.63) is 47.5 Å². The first-order valence-electron chi connectivity index (χ1n) is 12.2. The number of nitrogens with zero attached hydrogens (tertiary/aromatic N) is 4. The van der Waals surface area contributed by atoms with Gasteiger partial charge in [-0.2, -0.15) is 0 Å². The van der Waals surface area contributed by atoms with Crippen molar-refractivity contribution in [1.82, 2.24) is 19.2 Å². The Morgan fingerprint density at radius 1 is 1.18 bits per heavy atom. The molecule has 38 heavy (non-hydrogen) atoms. The van der Waals surface area contributed by atoms with Crippen LogP contribution in [0.4, 0.5) is 15.9 Å². The summed E-state index contributed by atoms with van der Waals surface area (Å²) in [5, 5.41) is 3.84. The Balaban J connectivity index is 1.38. The number of hydrogen-bond donors (Lipinski definition) is 1. The van der Waals surface area contributed by atoms with E-state index in [1.807, 2.05) is 0 Å². The first kappa shape index (κ1) is 28.2. The minimum Gasteiger partial charge on any atom is -0.493 e. The minimum absolute atomic E-state index is 0.0705. The molecule has 1 fully saturated rings. The number of methoxy groups -OCH3 is 1. The van der Waals surface area contributed by atoms with Crippen LogP contribution in [-0.2, 0) is 14.8 Å². The number of fused-ring (bicyclic) bond motifs is 1. The van der Waals surface area contributed by atoms with E-state index in [1.165, 1.54) is 29.9 Å². The van der Waals surface area contributed by atoms with Crippen LogP contribution in [0.1, 0.15) is 6.42 Å². The van der Waals surface area contributed by atoms with Crippen molar-refractivity contribution in [2.75, 3.05) is 71.2 Å². The van der Waals surface area contributed by atoms with Crippen LogP contribution in [0.3, 0.4) is 0 Å². The standard InChI is InChI=1S/C25H31ClFN5O5S/c1-31(38(33,34)13-3-6-32-8-10-36-11-9-32)7-12-37-24-16-22-19(15-23(24)35-2)25(29-17-28-22)30-21-5-4-18(26)14-20(21)27/h4-5,14-17H,3,6-13H2,1-2H3,(H,28,29,30). The van der Waals surface area contributed by atoms with Gasteiger partial charge in [-0.3, -0.25) is 4.90 Å². The van der Waals surface area contributed by atoms with E-state index in [4.69, 9.17) is 25.8 Å². The smallest absolute Gasteiger partial charge is 0.214 e. The van der Waals surface area contributed by atoms with E-state index in [0.717, 1.165) is 19.6 Å². The second-order valence-corrected chi connectivity index (χ2v) is 11.4. The molecule has 1 N–H and O–H groups in total. The molecule has 0 aliphatic carbocycles. The predicted molar refractivity (Wildman–Crippen MR) is 145 cm³/mol. The minimum atomic E-state index is -3.41. The number of likely N-dealkylation sites (N-methyl/N-ethyl adjacent to an activating group) is 1. The van der Waals surface area contributed by atoms with E-state index in [9.17, 15) is 12.8 Å². The van der Waals surface area contributed by atoms with Crippen LogP contribution in [0.2, 0.25) is 5.02 Å². The maximum Gasteiger partial charge on any atom is 0.214 e. The summed E-state index contributed by atoms with van der Waals surface area (Å²) in [6.45, 7) is 4.06. The summed E-state index contributed by atoms with van der Waals surface area (Å²) < 4.78 is 57.7. The molecule has 1 saturated heterocycles. The van der Waals surface area contributed by atoms with E-state index in [2.05, 4.69) is 20.2 Å². The summed E-state index contributed by atoms with van der Waals surface area (Å²) in [7, 11) is -0.369. The predicted octanol–water partition coefficient (Wildman–Crippen LogP) is 3.54. The fourth-order valence-corrected chi connectivity index (χ4v) is 5.35. The van der Waals surface area contributed by atoms with Gasteiger partial charge < -0.3 is 19.5 Å². The summed E-state index contributed by atoms with van der Waals surface area (Å²) in [6.07, 6.45) is 1.91. The quantitative estimate of drug-likeness (QED) is 0.352. The monoisotopic (exact) mass is 567 g/mol. The SMILES string of the molecule is COc1cc2c(Nc3ccc(Cl)cc3F)ncnc2cc1OCCN(C)S(=O)(=O)CCCN1CCOCC1. The number of sulfonamides is 1. The average molecular weight is 568 g/mol. The molecule has 0 spiro atoms. The van der Waals surface area contributed by atoms with E-state index in [0.29, 0.717) is 47.9 Å². The van der Waals surface area contributed by atoms with Gasteiger partial charge in [0.2, 0.25) is 10.0 Å². The highest BCUT2D eigenvalue weighted by Gasteiger charge is 2.20. The van der Waals surface area contributed by atoms with Gasteiger partial charge in [0.05, 0.1) is 37.3 Å². The second-order valence-electron chi connectivity index (χ2n) is 8.79. The van der Waals surface area contributed by atoms with E-state index in [1.54, 1.807) is 25.2 Å². The zero-order valence-corrected chi connectivity index (χ0v) is 22.9. The highest BCUT2D eigenvalue weighted by molar-refractivity contribution is 7.89. The second kappa shape index (κ2) is 12.9. The summed E-state index contributed by atoms with van der Waals surface area (Å²) in [5.74, 6) is 0.741. The molecule has 2 heterocycles. The Hall–Kier alpha value is -2.77. The lowest BCUT2D eigenvalue weighted by Crippen LogP contribution is -2.38. The Kier molecular flexibility index (Phi) is 9.55. The van der Waals surface area contributed by atoms with E-state index in [-0.39, 0.29) is 29.6 Å². The molecule has 0 radical (unpaired) electrons. The van der Waals surface area contributed by atoms with Crippen molar-refractivity contribution in [2.24, 2.45) is 0 Å². The van der Waals surface area contributed by atoms with Crippen LogP contribution in [0.15, 0.2) is 36.7 Å². The molecule has 0 saturated carbocycles. The van der Waals surface area contributed by atoms with Crippen molar-refractivity contribution in [2.45, 2.75) is 6.42 Å². The largest absolute Gasteiger partial charge is 0.493 e. The molecule has 206 valence electrons. The van der Waals surface area contributed by atoms with Crippen LogP contribution in [-0.4, -0.2) is 93.5 Å². The van der Waals surface area contributed by atoms with Crippen LogP contribution in [0.25, 0.3) is 10.9 Å². The van der Waals surface area contributed by atoms with Crippen molar-refractivity contribution < 1.29 is 27.0 Å². The van der Waals surface area contributed by atoms with Crippen LogP contribution in [0, 0.1) is 5.82 Å². The molecular formula is C25H31ClFN5O5S. The Morgan fingerprint density at radius 3 is 2.71 bits per heavy atom. The maximum atomic E-state index is 14.3. The van der Waals surface area contributed by atoms with Crippen molar-refractivity contribution >= 4 is 44.0 Å². The zero-order valence-electron chi connectivity index (χ0n) is 21.3. The van der Waals surface area contributed by atoms with Crippen LogP contribution < -0.4 is 14.8 Å². The third-order valence-corrected chi connectivity index (χ3v) is 8.40. The van der Waals surface area contributed by atoms with E-state index < -0.39 is 15.8 Å². The van der Waals surface area contributed by atoms with Gasteiger partial charge in [-0.05, 0) is 37.2 Å². The van der Waals surface area contributed by atoms with Crippen molar-refractivity contribution in [1.29, 1.82) is 0 Å². The van der Waals surface area contributed by atoms with Crippen molar-refractivity contribution in [3.63, 3.8) is 0 Å². The third-order valence-electron chi connectivity index (χ3n) is 6.22. The number of morpholine rings is 1. The van der Waals surface area contributed by atoms with Gasteiger partial charge in [0.1, 0.15) is 24.6 Å². The number of aromatic nitrogens is 2. The molecule has 10 nitrogen and oxygen atoms in total. The molecule has 0 unspecified atom stereocenters. The Labute approximate surface area is 226 Å². The summed E-state index contributed by atoms with van der Waals surface area (Å²) in [5.41, 5.74) is 0.750. The number of ether oxygens (including phenoxy) is 3.